The molecule has 130 valence electrons. The minimum Gasteiger partial charge on any atom is -0.493 e. The number of carbonyl (C=O) groups is 1. The van der Waals surface area contributed by atoms with Crippen LogP contribution in [0.1, 0.15) is 32.8 Å². The van der Waals surface area contributed by atoms with Crippen molar-refractivity contribution in [2.45, 2.75) is 27.2 Å². The lowest BCUT2D eigenvalue weighted by Gasteiger charge is -2.12. The zero-order valence-electron chi connectivity index (χ0n) is 14.5. The Kier molecular flexibility index (Phi) is 6.69. The van der Waals surface area contributed by atoms with Crippen molar-refractivity contribution in [3.8, 4) is 11.5 Å². The van der Waals surface area contributed by atoms with Crippen LogP contribution in [0.25, 0.3) is 6.08 Å². The molecule has 4 nitrogen and oxygen atoms in total. The minimum absolute atomic E-state index is 0.0382. The second-order valence-electron chi connectivity index (χ2n) is 5.87. The van der Waals surface area contributed by atoms with Crippen LogP contribution in [0.2, 0.25) is 0 Å². The normalized spacial score (nSPS) is 16.4. The second kappa shape index (κ2) is 8.53. The molecular weight excluding hydrogens is 342 g/mol. The van der Waals surface area contributed by atoms with Crippen LogP contribution in [0.15, 0.2) is 23.1 Å². The molecule has 1 amide bonds. The molecule has 1 aromatic rings. The minimum atomic E-state index is -0.0382. The van der Waals surface area contributed by atoms with Gasteiger partial charge in [-0.1, -0.05) is 43.9 Å². The Morgan fingerprint density at radius 3 is 2.67 bits per heavy atom. The van der Waals surface area contributed by atoms with Crippen LogP contribution in [0.4, 0.5) is 0 Å². The summed E-state index contributed by atoms with van der Waals surface area (Å²) in [5.41, 5.74) is 0.889. The van der Waals surface area contributed by atoms with E-state index in [1.54, 1.807) is 12.0 Å². The summed E-state index contributed by atoms with van der Waals surface area (Å²) in [6.07, 6.45) is 2.83. The molecule has 0 aliphatic carbocycles. The molecule has 0 saturated carbocycles. The topological polar surface area (TPSA) is 38.8 Å². The zero-order valence-corrected chi connectivity index (χ0v) is 16.1. The number of hydrogen-bond donors (Lipinski definition) is 0. The van der Waals surface area contributed by atoms with E-state index in [1.807, 2.05) is 31.2 Å². The molecule has 1 saturated heterocycles. The van der Waals surface area contributed by atoms with Gasteiger partial charge in [-0.2, -0.15) is 0 Å². The summed E-state index contributed by atoms with van der Waals surface area (Å²) in [5.74, 6) is 1.94. The van der Waals surface area contributed by atoms with Crippen LogP contribution < -0.4 is 9.47 Å². The second-order valence-corrected chi connectivity index (χ2v) is 7.54. The van der Waals surface area contributed by atoms with Crippen molar-refractivity contribution in [2.24, 2.45) is 5.92 Å². The van der Waals surface area contributed by atoms with Crippen LogP contribution in [0, 0.1) is 5.92 Å². The van der Waals surface area contributed by atoms with Gasteiger partial charge in [0.1, 0.15) is 4.32 Å². The number of amides is 1. The Morgan fingerprint density at radius 1 is 1.33 bits per heavy atom. The molecule has 0 N–H and O–H groups in total. The average molecular weight is 366 g/mol. The van der Waals surface area contributed by atoms with Gasteiger partial charge in [-0.05, 0) is 43.0 Å². The number of likely N-dealkylation sites (N-methyl/N-ethyl adjacent to an activating group) is 1. The molecule has 1 fully saturated rings. The molecule has 1 aromatic carbocycles. The predicted molar refractivity (Wildman–Crippen MR) is 103 cm³/mol. The number of ether oxygens (including phenoxy) is 2. The van der Waals surface area contributed by atoms with Crippen LogP contribution in [0.5, 0.6) is 11.5 Å². The van der Waals surface area contributed by atoms with Crippen molar-refractivity contribution in [3.05, 3.63) is 28.7 Å². The van der Waals surface area contributed by atoms with Gasteiger partial charge in [0.25, 0.3) is 5.91 Å². The van der Waals surface area contributed by atoms with E-state index in [0.717, 1.165) is 17.7 Å². The fourth-order valence-electron chi connectivity index (χ4n) is 2.22. The number of carbonyl (C=O) groups excluding carboxylic acids is 1. The highest BCUT2D eigenvalue weighted by atomic mass is 32.2. The third-order valence-electron chi connectivity index (χ3n) is 3.63. The molecule has 0 radical (unpaired) electrons. The van der Waals surface area contributed by atoms with Gasteiger partial charge in [-0.25, -0.2) is 0 Å². The Labute approximate surface area is 153 Å². The molecule has 0 bridgehead atoms. The van der Waals surface area contributed by atoms with Crippen molar-refractivity contribution < 1.29 is 14.3 Å². The van der Waals surface area contributed by atoms with E-state index in [-0.39, 0.29) is 5.91 Å². The van der Waals surface area contributed by atoms with Crippen LogP contribution >= 0.6 is 24.0 Å². The predicted octanol–water partition coefficient (Wildman–Crippen LogP) is 4.34. The molecular formula is C18H23NO3S2. The van der Waals surface area contributed by atoms with Crippen molar-refractivity contribution >= 4 is 40.3 Å². The first-order valence-corrected chi connectivity index (χ1v) is 9.25. The molecule has 1 aliphatic heterocycles. The largest absolute Gasteiger partial charge is 0.493 e. The first kappa shape index (κ1) is 18.8. The fraction of sp³-hybridized carbons (Fsp3) is 0.444. The summed E-state index contributed by atoms with van der Waals surface area (Å²) in [7, 11) is 1.62. The number of rotatable bonds is 7. The van der Waals surface area contributed by atoms with Gasteiger partial charge >= 0.3 is 0 Å². The Bertz CT molecular complexity index is 656. The summed E-state index contributed by atoms with van der Waals surface area (Å²) in [5, 5.41) is 0. The number of thioether (sulfide) groups is 1. The van der Waals surface area contributed by atoms with Crippen LogP contribution in [0.3, 0.4) is 0 Å². The maximum Gasteiger partial charge on any atom is 0.266 e. The quantitative estimate of drug-likeness (QED) is 0.531. The molecule has 6 heteroatoms. The van der Waals surface area contributed by atoms with Crippen molar-refractivity contribution in [2.75, 3.05) is 20.3 Å². The lowest BCUT2D eigenvalue weighted by Crippen LogP contribution is -2.27. The first-order valence-electron chi connectivity index (χ1n) is 8.02. The summed E-state index contributed by atoms with van der Waals surface area (Å²) in [6.45, 7) is 7.49. The van der Waals surface area contributed by atoms with Gasteiger partial charge < -0.3 is 9.47 Å². The Hall–Kier alpha value is -1.53. The summed E-state index contributed by atoms with van der Waals surface area (Å²) in [6, 6.07) is 5.68. The van der Waals surface area contributed by atoms with E-state index >= 15 is 0 Å². The smallest absolute Gasteiger partial charge is 0.266 e. The van der Waals surface area contributed by atoms with Gasteiger partial charge in [0.15, 0.2) is 11.5 Å². The van der Waals surface area contributed by atoms with E-state index in [4.69, 9.17) is 21.7 Å². The van der Waals surface area contributed by atoms with E-state index in [0.29, 0.717) is 34.0 Å². The van der Waals surface area contributed by atoms with Gasteiger partial charge in [0.2, 0.25) is 0 Å². The van der Waals surface area contributed by atoms with Gasteiger partial charge in [-0.3, -0.25) is 9.69 Å². The molecule has 0 unspecified atom stereocenters. The third kappa shape index (κ3) is 4.51. The standard InChI is InChI=1S/C18H23NO3S2/c1-5-19-17(20)16(24-18(19)23)11-13-6-7-14(15(10-13)21-4)22-9-8-12(2)3/h6-7,10-12H,5,8-9H2,1-4H3/b16-11+. The number of methoxy groups -OCH3 is 1. The summed E-state index contributed by atoms with van der Waals surface area (Å²) >= 11 is 6.56. The van der Waals surface area contributed by atoms with Crippen LogP contribution in [-0.4, -0.2) is 35.4 Å². The van der Waals surface area contributed by atoms with Crippen LogP contribution in [-0.2, 0) is 4.79 Å². The third-order valence-corrected chi connectivity index (χ3v) is 5.01. The average Bonchev–Trinajstić information content (AvgIpc) is 2.81. The highest BCUT2D eigenvalue weighted by molar-refractivity contribution is 8.26. The number of thiocarbonyl (C=S) groups is 1. The highest BCUT2D eigenvalue weighted by Crippen LogP contribution is 2.34. The highest BCUT2D eigenvalue weighted by Gasteiger charge is 2.30. The van der Waals surface area contributed by atoms with E-state index in [9.17, 15) is 4.79 Å². The zero-order chi connectivity index (χ0) is 17.7. The van der Waals surface area contributed by atoms with Gasteiger partial charge in [0, 0.05) is 6.54 Å². The summed E-state index contributed by atoms with van der Waals surface area (Å²) in [4.78, 5) is 14.5. The Morgan fingerprint density at radius 2 is 2.08 bits per heavy atom. The van der Waals surface area contributed by atoms with Gasteiger partial charge in [-0.15, -0.1) is 0 Å². The maximum atomic E-state index is 12.3. The number of nitrogens with zero attached hydrogens (tertiary/aromatic N) is 1. The molecule has 24 heavy (non-hydrogen) atoms. The van der Waals surface area contributed by atoms with Gasteiger partial charge in [0.05, 0.1) is 18.6 Å². The lowest BCUT2D eigenvalue weighted by atomic mass is 10.1. The number of hydrogen-bond acceptors (Lipinski definition) is 5. The van der Waals surface area contributed by atoms with Crippen molar-refractivity contribution in [3.63, 3.8) is 0 Å². The SMILES string of the molecule is CCN1C(=O)/C(=C\c2ccc(OCCC(C)C)c(OC)c2)SC1=S. The molecule has 2 rings (SSSR count). The van der Waals surface area contributed by atoms with E-state index in [1.165, 1.54) is 11.8 Å². The van der Waals surface area contributed by atoms with E-state index in [2.05, 4.69) is 13.8 Å². The molecule has 0 aromatic heterocycles. The Balaban J connectivity index is 2.16. The monoisotopic (exact) mass is 365 g/mol. The fourth-order valence-corrected chi connectivity index (χ4v) is 3.61. The van der Waals surface area contributed by atoms with Crippen molar-refractivity contribution in [1.29, 1.82) is 0 Å². The maximum absolute atomic E-state index is 12.3. The van der Waals surface area contributed by atoms with E-state index < -0.39 is 0 Å². The summed E-state index contributed by atoms with van der Waals surface area (Å²) < 4.78 is 11.8. The molecule has 1 heterocycles. The first-order chi connectivity index (χ1) is 11.5. The number of benzene rings is 1. The van der Waals surface area contributed by atoms with Crippen molar-refractivity contribution in [1.82, 2.24) is 4.90 Å². The lowest BCUT2D eigenvalue weighted by molar-refractivity contribution is -0.121. The molecule has 1 aliphatic rings. The molecule has 0 spiro atoms. The molecule has 0 atom stereocenters.